The molecule has 1 fully saturated rings. The molecule has 2 atom stereocenters. The molecule has 0 aliphatic carbocycles. The number of esters is 1. The Morgan fingerprint density at radius 1 is 1.41 bits per heavy atom. The Balaban J connectivity index is 1.62. The van der Waals surface area contributed by atoms with Crippen molar-refractivity contribution >= 4 is 39.9 Å². The highest BCUT2D eigenvalue weighted by atomic mass is 35.5. The summed E-state index contributed by atoms with van der Waals surface area (Å²) in [6.45, 7) is 6.21. The van der Waals surface area contributed by atoms with Gasteiger partial charge in [-0.25, -0.2) is 19.2 Å². The summed E-state index contributed by atoms with van der Waals surface area (Å²) < 4.78 is 19.8. The van der Waals surface area contributed by atoms with Crippen LogP contribution in [0.2, 0.25) is 5.15 Å². The SMILES string of the molecule is CCOC(=O)c1sc(N2CCC(NC(=O)c3nc(Cl)c(CC)[nH]3)C(F)C2)nc1C. The van der Waals surface area contributed by atoms with Crippen LogP contribution in [0.4, 0.5) is 9.52 Å². The molecule has 0 saturated carbocycles. The van der Waals surface area contributed by atoms with Crippen molar-refractivity contribution < 1.29 is 18.7 Å². The number of piperidine rings is 1. The Morgan fingerprint density at radius 2 is 2.17 bits per heavy atom. The minimum Gasteiger partial charge on any atom is -0.462 e. The normalized spacial score (nSPS) is 19.3. The summed E-state index contributed by atoms with van der Waals surface area (Å²) in [5.41, 5.74) is 1.23. The Morgan fingerprint density at radius 3 is 2.79 bits per heavy atom. The molecule has 2 N–H and O–H groups in total. The van der Waals surface area contributed by atoms with Crippen LogP contribution in [0.15, 0.2) is 0 Å². The monoisotopic (exact) mass is 443 g/mol. The molecule has 0 spiro atoms. The summed E-state index contributed by atoms with van der Waals surface area (Å²) in [4.78, 5) is 37.8. The van der Waals surface area contributed by atoms with Gasteiger partial charge in [0.25, 0.3) is 5.91 Å². The van der Waals surface area contributed by atoms with Gasteiger partial charge in [-0.15, -0.1) is 0 Å². The third-order valence-electron chi connectivity index (χ3n) is 4.67. The molecule has 0 radical (unpaired) electrons. The van der Waals surface area contributed by atoms with E-state index in [0.29, 0.717) is 40.8 Å². The molecule has 8 nitrogen and oxygen atoms in total. The first kappa shape index (κ1) is 21.5. The number of carbonyl (C=O) groups excluding carboxylic acids is 2. The summed E-state index contributed by atoms with van der Waals surface area (Å²) in [6.07, 6.45) is -0.279. The molecule has 1 amide bonds. The van der Waals surface area contributed by atoms with E-state index in [2.05, 4.69) is 20.3 Å². The summed E-state index contributed by atoms with van der Waals surface area (Å²) in [7, 11) is 0. The number of carbonyl (C=O) groups is 2. The lowest BCUT2D eigenvalue weighted by molar-refractivity contribution is 0.0531. The van der Waals surface area contributed by atoms with Crippen LogP contribution in [0.25, 0.3) is 0 Å². The molecule has 29 heavy (non-hydrogen) atoms. The molecular formula is C18H23ClFN5O3S. The van der Waals surface area contributed by atoms with Gasteiger partial charge in [0, 0.05) is 6.54 Å². The summed E-state index contributed by atoms with van der Waals surface area (Å²) in [5.74, 6) is -0.824. The van der Waals surface area contributed by atoms with Crippen LogP contribution in [-0.2, 0) is 11.2 Å². The average Bonchev–Trinajstić information content (AvgIpc) is 3.26. The molecule has 2 aromatic rings. The number of hydrogen-bond donors (Lipinski definition) is 2. The van der Waals surface area contributed by atoms with E-state index in [4.69, 9.17) is 16.3 Å². The first-order chi connectivity index (χ1) is 13.8. The fourth-order valence-corrected chi connectivity index (χ4v) is 4.37. The Labute approximate surface area is 176 Å². The number of H-pyrrole nitrogens is 1. The fraction of sp³-hybridized carbons (Fsp3) is 0.556. The molecule has 2 unspecified atom stereocenters. The highest BCUT2D eigenvalue weighted by molar-refractivity contribution is 7.17. The van der Waals surface area contributed by atoms with E-state index in [9.17, 15) is 14.0 Å². The number of aromatic amines is 1. The number of halogens is 2. The van der Waals surface area contributed by atoms with Crippen LogP contribution < -0.4 is 10.2 Å². The number of amides is 1. The van der Waals surface area contributed by atoms with Gasteiger partial charge < -0.3 is 19.9 Å². The lowest BCUT2D eigenvalue weighted by atomic mass is 10.0. The lowest BCUT2D eigenvalue weighted by Gasteiger charge is -2.34. The second kappa shape index (κ2) is 9.08. The third kappa shape index (κ3) is 4.69. The summed E-state index contributed by atoms with van der Waals surface area (Å²) >= 11 is 7.15. The number of aromatic nitrogens is 3. The lowest BCUT2D eigenvalue weighted by Crippen LogP contribution is -2.52. The number of nitrogens with one attached hydrogen (secondary N) is 2. The number of nitrogens with zero attached hydrogens (tertiary/aromatic N) is 3. The van der Waals surface area contributed by atoms with Crippen molar-refractivity contribution in [2.24, 2.45) is 0 Å². The zero-order valence-corrected chi connectivity index (χ0v) is 18.0. The maximum atomic E-state index is 14.8. The van der Waals surface area contributed by atoms with Crippen molar-refractivity contribution in [3.63, 3.8) is 0 Å². The minimum absolute atomic E-state index is 0.0687. The molecule has 1 saturated heterocycles. The maximum Gasteiger partial charge on any atom is 0.350 e. The van der Waals surface area contributed by atoms with E-state index >= 15 is 0 Å². The predicted molar refractivity (Wildman–Crippen MR) is 109 cm³/mol. The van der Waals surface area contributed by atoms with E-state index < -0.39 is 24.1 Å². The van der Waals surface area contributed by atoms with Gasteiger partial charge >= 0.3 is 5.97 Å². The summed E-state index contributed by atoms with van der Waals surface area (Å²) in [5, 5.41) is 3.51. The molecule has 11 heteroatoms. The quantitative estimate of drug-likeness (QED) is 0.666. The molecule has 1 aliphatic rings. The van der Waals surface area contributed by atoms with Crippen molar-refractivity contribution in [1.82, 2.24) is 20.3 Å². The Kier molecular flexibility index (Phi) is 6.74. The zero-order valence-electron chi connectivity index (χ0n) is 16.4. The standard InChI is InChI=1S/C18H23ClFN5O3S/c1-4-11-14(19)24-15(22-11)16(26)23-12-6-7-25(8-10(12)20)18-21-9(3)13(29-18)17(27)28-5-2/h10,12H,4-8H2,1-3H3,(H,22,24)(H,23,26). The molecule has 3 heterocycles. The number of hydrogen-bond acceptors (Lipinski definition) is 7. The smallest absolute Gasteiger partial charge is 0.350 e. The molecule has 3 rings (SSSR count). The van der Waals surface area contributed by atoms with E-state index in [-0.39, 0.29) is 24.1 Å². The largest absolute Gasteiger partial charge is 0.462 e. The van der Waals surface area contributed by atoms with Crippen LogP contribution in [0.3, 0.4) is 0 Å². The van der Waals surface area contributed by atoms with E-state index in [1.807, 2.05) is 6.92 Å². The number of thiazole rings is 1. The molecule has 2 aromatic heterocycles. The predicted octanol–water partition coefficient (Wildman–Crippen LogP) is 2.91. The van der Waals surface area contributed by atoms with Crippen molar-refractivity contribution in [3.8, 4) is 0 Å². The number of rotatable bonds is 6. The Hall–Kier alpha value is -2.20. The molecule has 0 bridgehead atoms. The van der Waals surface area contributed by atoms with Gasteiger partial charge in [-0.2, -0.15) is 0 Å². The van der Waals surface area contributed by atoms with Crippen LogP contribution in [0, 0.1) is 6.92 Å². The first-order valence-corrected chi connectivity index (χ1v) is 10.6. The second-order valence-electron chi connectivity index (χ2n) is 6.67. The number of anilines is 1. The first-order valence-electron chi connectivity index (χ1n) is 9.42. The van der Waals surface area contributed by atoms with Crippen molar-refractivity contribution in [2.75, 3.05) is 24.6 Å². The van der Waals surface area contributed by atoms with Gasteiger partial charge in [0.1, 0.15) is 11.0 Å². The van der Waals surface area contributed by atoms with E-state index in [1.54, 1.807) is 18.7 Å². The average molecular weight is 444 g/mol. The van der Waals surface area contributed by atoms with Crippen LogP contribution in [-0.4, -0.2) is 58.7 Å². The minimum atomic E-state index is -1.29. The van der Waals surface area contributed by atoms with Gasteiger partial charge in [0.05, 0.1) is 30.6 Å². The van der Waals surface area contributed by atoms with Crippen molar-refractivity contribution in [1.29, 1.82) is 0 Å². The molecule has 158 valence electrons. The summed E-state index contributed by atoms with van der Waals surface area (Å²) in [6, 6.07) is -0.640. The fourth-order valence-electron chi connectivity index (χ4n) is 3.11. The van der Waals surface area contributed by atoms with Gasteiger partial charge in [-0.3, -0.25) is 4.79 Å². The number of aryl methyl sites for hydroxylation is 2. The van der Waals surface area contributed by atoms with Crippen molar-refractivity contribution in [3.05, 3.63) is 27.2 Å². The van der Waals surface area contributed by atoms with Gasteiger partial charge in [0.15, 0.2) is 16.1 Å². The van der Waals surface area contributed by atoms with Crippen LogP contribution in [0.5, 0.6) is 0 Å². The molecule has 0 aromatic carbocycles. The van der Waals surface area contributed by atoms with Gasteiger partial charge in [-0.05, 0) is 26.7 Å². The van der Waals surface area contributed by atoms with E-state index in [1.165, 1.54) is 11.3 Å². The third-order valence-corrected chi connectivity index (χ3v) is 6.18. The second-order valence-corrected chi connectivity index (χ2v) is 8.01. The van der Waals surface area contributed by atoms with Gasteiger partial charge in [-0.1, -0.05) is 29.9 Å². The van der Waals surface area contributed by atoms with Crippen LogP contribution >= 0.6 is 22.9 Å². The molecular weight excluding hydrogens is 421 g/mol. The number of ether oxygens (including phenoxy) is 1. The molecule has 1 aliphatic heterocycles. The highest BCUT2D eigenvalue weighted by Crippen LogP contribution is 2.29. The van der Waals surface area contributed by atoms with E-state index in [0.717, 1.165) is 0 Å². The maximum absolute atomic E-state index is 14.8. The zero-order chi connectivity index (χ0) is 21.1. The number of imidazole rings is 1. The Bertz CT molecular complexity index is 902. The van der Waals surface area contributed by atoms with Crippen molar-refractivity contribution in [2.45, 2.75) is 45.8 Å². The highest BCUT2D eigenvalue weighted by Gasteiger charge is 2.33. The van der Waals surface area contributed by atoms with Gasteiger partial charge in [0.2, 0.25) is 0 Å². The number of alkyl halides is 1. The topological polar surface area (TPSA) is 100 Å². The van der Waals surface area contributed by atoms with Crippen LogP contribution in [0.1, 0.15) is 51.9 Å².